The van der Waals surface area contributed by atoms with Gasteiger partial charge < -0.3 is 9.32 Å². The minimum Gasteiger partial charge on any atom is -0.419 e. The van der Waals surface area contributed by atoms with Crippen LogP contribution in [0.4, 0.5) is 5.69 Å². The maximum atomic E-state index is 13.4. The number of hydrogen-bond donors (Lipinski definition) is 0. The molecule has 2 aliphatic rings. The first kappa shape index (κ1) is 21.9. The highest BCUT2D eigenvalue weighted by Gasteiger charge is 2.36. The lowest BCUT2D eigenvalue weighted by molar-refractivity contribution is 0.0714. The van der Waals surface area contributed by atoms with Crippen LogP contribution >= 0.6 is 11.6 Å². The molecule has 1 aromatic heterocycles. The Labute approximate surface area is 197 Å². The van der Waals surface area contributed by atoms with E-state index in [4.69, 9.17) is 16.0 Å². The number of carbonyl (C=O) groups is 1. The van der Waals surface area contributed by atoms with E-state index in [9.17, 15) is 13.2 Å². The highest BCUT2D eigenvalue weighted by molar-refractivity contribution is 7.92. The maximum Gasteiger partial charge on any atom is 0.254 e. The van der Waals surface area contributed by atoms with Gasteiger partial charge in [0.25, 0.3) is 5.91 Å². The van der Waals surface area contributed by atoms with E-state index in [1.807, 2.05) is 13.0 Å². The van der Waals surface area contributed by atoms with Gasteiger partial charge in [0.15, 0.2) is 0 Å². The van der Waals surface area contributed by atoms with E-state index in [-0.39, 0.29) is 24.5 Å². The molecular formula is C23H23ClN4O4S. The van der Waals surface area contributed by atoms with Crippen LogP contribution in [0.1, 0.15) is 41.6 Å². The number of aromatic nitrogens is 2. The molecule has 1 saturated carbocycles. The van der Waals surface area contributed by atoms with Gasteiger partial charge in [0.1, 0.15) is 0 Å². The van der Waals surface area contributed by atoms with Crippen molar-refractivity contribution in [3.05, 3.63) is 64.5 Å². The van der Waals surface area contributed by atoms with Crippen LogP contribution in [0.3, 0.4) is 0 Å². The van der Waals surface area contributed by atoms with Gasteiger partial charge in [0.2, 0.25) is 21.8 Å². The molecule has 1 aliphatic heterocycles. The number of amides is 1. The predicted octanol–water partition coefficient (Wildman–Crippen LogP) is 3.91. The van der Waals surface area contributed by atoms with Crippen molar-refractivity contribution in [1.29, 1.82) is 0 Å². The molecule has 1 amide bonds. The molecule has 172 valence electrons. The van der Waals surface area contributed by atoms with E-state index < -0.39 is 10.0 Å². The van der Waals surface area contributed by atoms with Crippen LogP contribution in [0.15, 0.2) is 46.9 Å². The zero-order chi connectivity index (χ0) is 23.3. The summed E-state index contributed by atoms with van der Waals surface area (Å²) in [6.07, 6.45) is 3.62. The van der Waals surface area contributed by atoms with Gasteiger partial charge >= 0.3 is 0 Å². The van der Waals surface area contributed by atoms with Gasteiger partial charge in [-0.05, 0) is 74.2 Å². The standard InChI is InChI=1S/C23H23ClN4O4S/c1-14-11-17-12-16(5-10-20(17)28(14)33(2,30)31)23(29)27(19-8-9-19)13-21-25-26-22(32-21)15-3-6-18(24)7-4-15/h3-7,10,12,14,19H,8-9,11,13H2,1-2H3/t14-/m1/s1. The molecule has 0 bridgehead atoms. The number of nitrogens with zero attached hydrogens (tertiary/aromatic N) is 4. The smallest absolute Gasteiger partial charge is 0.254 e. The minimum absolute atomic E-state index is 0.128. The molecule has 0 N–H and O–H groups in total. The van der Waals surface area contributed by atoms with Gasteiger partial charge in [-0.1, -0.05) is 11.6 Å². The summed E-state index contributed by atoms with van der Waals surface area (Å²) < 4.78 is 31.6. The SMILES string of the molecule is C[C@@H]1Cc2cc(C(=O)N(Cc3nnc(-c4ccc(Cl)cc4)o3)C3CC3)ccc2N1S(C)(=O)=O. The third-order valence-corrected chi connectivity index (χ3v) is 7.47. The van der Waals surface area contributed by atoms with Crippen molar-refractivity contribution in [2.45, 2.75) is 44.8 Å². The third kappa shape index (κ3) is 4.35. The number of anilines is 1. The van der Waals surface area contributed by atoms with Gasteiger partial charge in [-0.25, -0.2) is 8.42 Å². The Kier molecular flexibility index (Phi) is 5.41. The van der Waals surface area contributed by atoms with Crippen LogP contribution in [-0.4, -0.2) is 47.8 Å². The van der Waals surface area contributed by atoms with Crippen molar-refractivity contribution in [3.63, 3.8) is 0 Å². The Hall–Kier alpha value is -2.91. The lowest BCUT2D eigenvalue weighted by atomic mass is 10.1. The number of carbonyl (C=O) groups excluding carboxylic acids is 1. The van der Waals surface area contributed by atoms with Crippen LogP contribution in [0.25, 0.3) is 11.5 Å². The fraction of sp³-hybridized carbons (Fsp3) is 0.348. The molecule has 33 heavy (non-hydrogen) atoms. The fourth-order valence-electron chi connectivity index (χ4n) is 4.33. The predicted molar refractivity (Wildman–Crippen MR) is 125 cm³/mol. The van der Waals surface area contributed by atoms with Crippen molar-refractivity contribution in [1.82, 2.24) is 15.1 Å². The molecule has 3 aromatic rings. The Balaban J connectivity index is 1.38. The Morgan fingerprint density at radius 2 is 1.91 bits per heavy atom. The molecular weight excluding hydrogens is 464 g/mol. The second kappa shape index (κ2) is 8.14. The zero-order valence-electron chi connectivity index (χ0n) is 18.2. The normalized spacial score (nSPS) is 17.8. The van der Waals surface area contributed by atoms with Crippen molar-refractivity contribution < 1.29 is 17.6 Å². The number of rotatable bonds is 6. The molecule has 1 atom stereocenters. The van der Waals surface area contributed by atoms with E-state index in [0.717, 1.165) is 24.0 Å². The lowest BCUT2D eigenvalue weighted by Crippen LogP contribution is -2.34. The molecule has 2 aromatic carbocycles. The maximum absolute atomic E-state index is 13.4. The average molecular weight is 487 g/mol. The van der Waals surface area contributed by atoms with Crippen molar-refractivity contribution in [2.24, 2.45) is 0 Å². The van der Waals surface area contributed by atoms with E-state index >= 15 is 0 Å². The molecule has 8 nitrogen and oxygen atoms in total. The molecule has 2 heterocycles. The van der Waals surface area contributed by atoms with E-state index in [0.29, 0.717) is 34.5 Å². The highest BCUT2D eigenvalue weighted by atomic mass is 35.5. The topological polar surface area (TPSA) is 96.6 Å². The van der Waals surface area contributed by atoms with Crippen molar-refractivity contribution in [3.8, 4) is 11.5 Å². The first-order valence-corrected chi connectivity index (χ1v) is 12.9. The molecule has 0 unspecified atom stereocenters. The average Bonchev–Trinajstić information content (AvgIpc) is 3.39. The van der Waals surface area contributed by atoms with Gasteiger partial charge in [-0.15, -0.1) is 10.2 Å². The summed E-state index contributed by atoms with van der Waals surface area (Å²) >= 11 is 5.94. The Morgan fingerprint density at radius 1 is 1.18 bits per heavy atom. The number of fused-ring (bicyclic) bond motifs is 1. The summed E-state index contributed by atoms with van der Waals surface area (Å²) in [5.74, 6) is 0.604. The quantitative estimate of drug-likeness (QED) is 0.524. The molecule has 1 aliphatic carbocycles. The van der Waals surface area contributed by atoms with Crippen molar-refractivity contribution in [2.75, 3.05) is 10.6 Å². The van der Waals surface area contributed by atoms with Crippen molar-refractivity contribution >= 4 is 33.2 Å². The van der Waals surface area contributed by atoms with Gasteiger partial charge in [-0.2, -0.15) is 0 Å². The summed E-state index contributed by atoms with van der Waals surface area (Å²) in [6, 6.07) is 12.3. The van der Waals surface area contributed by atoms with Gasteiger partial charge in [-0.3, -0.25) is 9.10 Å². The number of benzene rings is 2. The third-order valence-electron chi connectivity index (χ3n) is 5.95. The molecule has 0 saturated heterocycles. The fourth-order valence-corrected chi connectivity index (χ4v) is 5.72. The summed E-state index contributed by atoms with van der Waals surface area (Å²) in [5, 5.41) is 8.85. The van der Waals surface area contributed by atoms with Crippen LogP contribution < -0.4 is 4.31 Å². The van der Waals surface area contributed by atoms with Gasteiger partial charge in [0, 0.05) is 28.2 Å². The monoisotopic (exact) mass is 486 g/mol. The number of halogens is 1. The van der Waals surface area contributed by atoms with Crippen LogP contribution in [0, 0.1) is 0 Å². The summed E-state index contributed by atoms with van der Waals surface area (Å²) in [7, 11) is -3.38. The largest absolute Gasteiger partial charge is 0.419 e. The number of hydrogen-bond acceptors (Lipinski definition) is 6. The summed E-state index contributed by atoms with van der Waals surface area (Å²) in [5.41, 5.74) is 2.78. The van der Waals surface area contributed by atoms with Crippen LogP contribution in [-0.2, 0) is 23.0 Å². The van der Waals surface area contributed by atoms with Crippen LogP contribution in [0.5, 0.6) is 0 Å². The second-order valence-electron chi connectivity index (χ2n) is 8.63. The first-order valence-electron chi connectivity index (χ1n) is 10.7. The van der Waals surface area contributed by atoms with E-state index in [1.54, 1.807) is 41.3 Å². The Morgan fingerprint density at radius 3 is 2.58 bits per heavy atom. The first-order chi connectivity index (χ1) is 15.7. The minimum atomic E-state index is -3.38. The zero-order valence-corrected chi connectivity index (χ0v) is 19.8. The van der Waals surface area contributed by atoms with Crippen LogP contribution in [0.2, 0.25) is 5.02 Å². The van der Waals surface area contributed by atoms with E-state index in [1.165, 1.54) is 10.6 Å². The van der Waals surface area contributed by atoms with Gasteiger partial charge in [0.05, 0.1) is 18.5 Å². The molecule has 0 radical (unpaired) electrons. The molecule has 10 heteroatoms. The Bertz CT molecular complexity index is 1320. The second-order valence-corrected chi connectivity index (χ2v) is 10.9. The summed E-state index contributed by atoms with van der Waals surface area (Å²) in [6.45, 7) is 2.08. The molecule has 1 fully saturated rings. The lowest BCUT2D eigenvalue weighted by Gasteiger charge is -2.23. The molecule has 0 spiro atoms. The molecule has 5 rings (SSSR count). The highest BCUT2D eigenvalue weighted by Crippen LogP contribution is 2.36. The summed E-state index contributed by atoms with van der Waals surface area (Å²) in [4.78, 5) is 15.2. The van der Waals surface area contributed by atoms with E-state index in [2.05, 4.69) is 10.2 Å². The number of sulfonamides is 1.